The van der Waals surface area contributed by atoms with Crippen LogP contribution in [0.15, 0.2) is 22.9 Å². The molecule has 2 unspecified atom stereocenters. The Morgan fingerprint density at radius 3 is 2.58 bits per heavy atom. The van der Waals surface area contributed by atoms with Crippen LogP contribution < -0.4 is 5.73 Å². The molecule has 0 bridgehead atoms. The lowest BCUT2D eigenvalue weighted by Crippen LogP contribution is -2.28. The third-order valence-corrected chi connectivity index (χ3v) is 3.16. The third-order valence-electron chi connectivity index (χ3n) is 3.16. The van der Waals surface area contributed by atoms with E-state index in [0.717, 1.165) is 11.3 Å². The summed E-state index contributed by atoms with van der Waals surface area (Å²) in [6, 6.07) is 3.84. The molecule has 5 heteroatoms. The van der Waals surface area contributed by atoms with E-state index in [4.69, 9.17) is 10.3 Å². The van der Waals surface area contributed by atoms with Crippen molar-refractivity contribution < 1.29 is 4.52 Å². The smallest absolute Gasteiger partial charge is 0.231 e. The number of nitrogens with two attached hydrogens (primary N) is 1. The highest BCUT2D eigenvalue weighted by atomic mass is 16.5. The van der Waals surface area contributed by atoms with Gasteiger partial charge in [0, 0.05) is 12.2 Å². The molecule has 0 fully saturated rings. The van der Waals surface area contributed by atoms with Gasteiger partial charge in [-0.25, -0.2) is 0 Å². The summed E-state index contributed by atoms with van der Waals surface area (Å²) in [4.78, 5) is 8.70. The van der Waals surface area contributed by atoms with Crippen LogP contribution in [0.5, 0.6) is 0 Å². The minimum absolute atomic E-state index is 0.0289. The lowest BCUT2D eigenvalue weighted by molar-refractivity contribution is 0.300. The second-order valence-corrected chi connectivity index (χ2v) is 5.30. The Morgan fingerprint density at radius 2 is 2.00 bits per heavy atom. The van der Waals surface area contributed by atoms with E-state index in [0.29, 0.717) is 17.6 Å². The normalized spacial score (nSPS) is 14.6. The van der Waals surface area contributed by atoms with Crippen LogP contribution >= 0.6 is 0 Å². The Hall–Kier alpha value is -1.75. The molecular weight excluding hydrogens is 240 g/mol. The Kier molecular flexibility index (Phi) is 3.95. The molecule has 0 saturated heterocycles. The van der Waals surface area contributed by atoms with Crippen molar-refractivity contribution in [1.29, 1.82) is 0 Å². The van der Waals surface area contributed by atoms with Crippen molar-refractivity contribution in [2.24, 2.45) is 11.7 Å². The summed E-state index contributed by atoms with van der Waals surface area (Å²) in [5.41, 5.74) is 7.84. The molecule has 0 saturated carbocycles. The lowest BCUT2D eigenvalue weighted by atomic mass is 9.90. The molecule has 0 aliphatic heterocycles. The van der Waals surface area contributed by atoms with Crippen molar-refractivity contribution >= 4 is 0 Å². The maximum Gasteiger partial charge on any atom is 0.231 e. The van der Waals surface area contributed by atoms with Gasteiger partial charge in [-0.05, 0) is 37.5 Å². The van der Waals surface area contributed by atoms with Gasteiger partial charge in [0.1, 0.15) is 5.69 Å². The van der Waals surface area contributed by atoms with E-state index >= 15 is 0 Å². The predicted molar refractivity (Wildman–Crippen MR) is 73.5 cm³/mol. The number of hydrogen-bond donors (Lipinski definition) is 1. The summed E-state index contributed by atoms with van der Waals surface area (Å²) in [5, 5.41) is 4.01. The number of hydrogen-bond acceptors (Lipinski definition) is 5. The van der Waals surface area contributed by atoms with Crippen molar-refractivity contribution in [3.8, 4) is 11.5 Å². The fourth-order valence-electron chi connectivity index (χ4n) is 2.25. The minimum atomic E-state index is -0.0289. The molecule has 0 spiro atoms. The Labute approximate surface area is 113 Å². The van der Waals surface area contributed by atoms with Crippen LogP contribution in [0.2, 0.25) is 0 Å². The average Bonchev–Trinajstić information content (AvgIpc) is 2.77. The third kappa shape index (κ3) is 2.98. The molecule has 0 amide bonds. The molecule has 0 radical (unpaired) electrons. The van der Waals surface area contributed by atoms with Crippen molar-refractivity contribution in [2.45, 2.75) is 39.7 Å². The summed E-state index contributed by atoms with van der Waals surface area (Å²) in [6.07, 6.45) is 1.74. The Balaban J connectivity index is 2.33. The molecule has 2 aromatic heterocycles. The monoisotopic (exact) mass is 260 g/mol. The van der Waals surface area contributed by atoms with Gasteiger partial charge in [-0.3, -0.25) is 4.98 Å². The highest BCUT2D eigenvalue weighted by Crippen LogP contribution is 2.27. The summed E-state index contributed by atoms with van der Waals surface area (Å²) >= 11 is 0. The minimum Gasteiger partial charge on any atom is -0.339 e. The van der Waals surface area contributed by atoms with Gasteiger partial charge in [0.25, 0.3) is 0 Å². The first-order valence-electron chi connectivity index (χ1n) is 6.51. The first kappa shape index (κ1) is 13.7. The van der Waals surface area contributed by atoms with Crippen LogP contribution in [0.4, 0.5) is 0 Å². The first-order chi connectivity index (χ1) is 8.99. The fraction of sp³-hybridized carbons (Fsp3) is 0.500. The predicted octanol–water partition coefficient (Wildman–Crippen LogP) is 2.53. The van der Waals surface area contributed by atoms with Crippen LogP contribution in [0.3, 0.4) is 0 Å². The molecule has 19 heavy (non-hydrogen) atoms. The SMILES string of the molecule is Cc1ccnc(-c2noc(C(C(C)C)C(C)N)n2)c1. The van der Waals surface area contributed by atoms with Crippen molar-refractivity contribution in [3.05, 3.63) is 29.8 Å². The molecule has 5 nitrogen and oxygen atoms in total. The van der Waals surface area contributed by atoms with Crippen LogP contribution in [0, 0.1) is 12.8 Å². The lowest BCUT2D eigenvalue weighted by Gasteiger charge is -2.20. The van der Waals surface area contributed by atoms with Gasteiger partial charge in [-0.2, -0.15) is 4.98 Å². The molecular formula is C14H20N4O. The van der Waals surface area contributed by atoms with Gasteiger partial charge < -0.3 is 10.3 Å². The van der Waals surface area contributed by atoms with Gasteiger partial charge in [0.05, 0.1) is 5.92 Å². The zero-order valence-corrected chi connectivity index (χ0v) is 11.8. The number of aromatic nitrogens is 3. The molecule has 0 aliphatic carbocycles. The molecule has 2 N–H and O–H groups in total. The summed E-state index contributed by atoms with van der Waals surface area (Å²) in [5.74, 6) is 1.51. The quantitative estimate of drug-likeness (QED) is 0.914. The van der Waals surface area contributed by atoms with E-state index in [1.807, 2.05) is 26.0 Å². The van der Waals surface area contributed by atoms with Crippen molar-refractivity contribution in [3.63, 3.8) is 0 Å². The fourth-order valence-corrected chi connectivity index (χ4v) is 2.25. The Bertz CT molecular complexity index is 540. The number of rotatable bonds is 4. The maximum atomic E-state index is 6.00. The standard InChI is InChI=1S/C14H20N4O/c1-8(2)12(10(4)15)14-17-13(18-19-14)11-7-9(3)5-6-16-11/h5-8,10,12H,15H2,1-4H3. The molecule has 102 valence electrons. The van der Waals surface area contributed by atoms with Crippen LogP contribution in [-0.4, -0.2) is 21.2 Å². The van der Waals surface area contributed by atoms with E-state index in [-0.39, 0.29) is 12.0 Å². The highest BCUT2D eigenvalue weighted by Gasteiger charge is 2.26. The van der Waals surface area contributed by atoms with Gasteiger partial charge in [-0.15, -0.1) is 0 Å². The average molecular weight is 260 g/mol. The molecule has 2 aromatic rings. The van der Waals surface area contributed by atoms with Crippen LogP contribution in [0.1, 0.15) is 38.1 Å². The zero-order chi connectivity index (χ0) is 14.0. The van der Waals surface area contributed by atoms with E-state index in [2.05, 4.69) is 29.0 Å². The van der Waals surface area contributed by atoms with E-state index in [9.17, 15) is 0 Å². The molecule has 2 atom stereocenters. The van der Waals surface area contributed by atoms with E-state index in [1.165, 1.54) is 0 Å². The van der Waals surface area contributed by atoms with Gasteiger partial charge in [-0.1, -0.05) is 19.0 Å². The molecule has 2 rings (SSSR count). The number of pyridine rings is 1. The summed E-state index contributed by atoms with van der Waals surface area (Å²) < 4.78 is 5.36. The van der Waals surface area contributed by atoms with Crippen LogP contribution in [-0.2, 0) is 0 Å². The van der Waals surface area contributed by atoms with Crippen molar-refractivity contribution in [1.82, 2.24) is 15.1 Å². The maximum absolute atomic E-state index is 6.00. The van der Waals surface area contributed by atoms with Gasteiger partial charge in [0.15, 0.2) is 0 Å². The number of nitrogens with zero attached hydrogens (tertiary/aromatic N) is 3. The first-order valence-corrected chi connectivity index (χ1v) is 6.51. The molecule has 2 heterocycles. The Morgan fingerprint density at radius 1 is 1.26 bits per heavy atom. The zero-order valence-electron chi connectivity index (χ0n) is 11.8. The highest BCUT2D eigenvalue weighted by molar-refractivity contribution is 5.49. The van der Waals surface area contributed by atoms with Gasteiger partial charge >= 0.3 is 0 Å². The largest absolute Gasteiger partial charge is 0.339 e. The topological polar surface area (TPSA) is 77.8 Å². The molecule has 0 aliphatic rings. The van der Waals surface area contributed by atoms with Crippen LogP contribution in [0.25, 0.3) is 11.5 Å². The van der Waals surface area contributed by atoms with Gasteiger partial charge in [0.2, 0.25) is 11.7 Å². The second-order valence-electron chi connectivity index (χ2n) is 5.30. The second kappa shape index (κ2) is 5.48. The number of aryl methyl sites for hydroxylation is 1. The van der Waals surface area contributed by atoms with E-state index in [1.54, 1.807) is 6.20 Å². The summed E-state index contributed by atoms with van der Waals surface area (Å²) in [7, 11) is 0. The summed E-state index contributed by atoms with van der Waals surface area (Å²) in [6.45, 7) is 8.16. The molecule has 0 aromatic carbocycles. The van der Waals surface area contributed by atoms with Crippen molar-refractivity contribution in [2.75, 3.05) is 0 Å². The van der Waals surface area contributed by atoms with E-state index < -0.39 is 0 Å².